The summed E-state index contributed by atoms with van der Waals surface area (Å²) < 4.78 is 10.3. The zero-order chi connectivity index (χ0) is 17.0. The van der Waals surface area contributed by atoms with Crippen LogP contribution in [-0.4, -0.2) is 30.1 Å². The molecule has 7 nitrogen and oxygen atoms in total. The van der Waals surface area contributed by atoms with Crippen molar-refractivity contribution in [1.29, 1.82) is 0 Å². The van der Waals surface area contributed by atoms with Crippen LogP contribution in [0.25, 0.3) is 0 Å². The molecule has 0 bridgehead atoms. The lowest BCUT2D eigenvalue weighted by Gasteiger charge is -2.13. The van der Waals surface area contributed by atoms with Gasteiger partial charge in [0.05, 0.1) is 31.2 Å². The Morgan fingerprint density at radius 3 is 2.70 bits per heavy atom. The number of carbonyl (C=O) groups excluding carboxylic acids is 1. The number of methoxy groups -OCH3 is 2. The van der Waals surface area contributed by atoms with E-state index in [1.165, 1.54) is 20.4 Å². The molecule has 122 valence electrons. The van der Waals surface area contributed by atoms with Crippen molar-refractivity contribution in [2.75, 3.05) is 25.3 Å². The van der Waals surface area contributed by atoms with Crippen LogP contribution in [-0.2, 0) is 6.42 Å². The molecule has 0 aliphatic carbocycles. The quantitative estimate of drug-likeness (QED) is 0.870. The molecule has 23 heavy (non-hydrogen) atoms. The fourth-order valence-electron chi connectivity index (χ4n) is 2.01. The predicted octanol–water partition coefficient (Wildman–Crippen LogP) is 2.54. The minimum Gasteiger partial charge on any atom is -0.497 e. The van der Waals surface area contributed by atoms with Gasteiger partial charge in [0, 0.05) is 18.3 Å². The summed E-state index contributed by atoms with van der Waals surface area (Å²) in [5.41, 5.74) is 6.80. The van der Waals surface area contributed by atoms with Gasteiger partial charge in [-0.05, 0) is 6.42 Å². The Morgan fingerprint density at radius 1 is 1.35 bits per heavy atom. The molecule has 1 amide bonds. The molecule has 1 aromatic heterocycles. The van der Waals surface area contributed by atoms with Crippen molar-refractivity contribution in [3.05, 3.63) is 34.6 Å². The van der Waals surface area contributed by atoms with Crippen LogP contribution in [0.3, 0.4) is 0 Å². The van der Waals surface area contributed by atoms with Gasteiger partial charge in [0.2, 0.25) is 5.95 Å². The van der Waals surface area contributed by atoms with Crippen molar-refractivity contribution in [2.24, 2.45) is 0 Å². The van der Waals surface area contributed by atoms with Gasteiger partial charge in [-0.25, -0.2) is 9.97 Å². The first-order chi connectivity index (χ1) is 11.0. The topological polar surface area (TPSA) is 99.4 Å². The monoisotopic (exact) mass is 336 g/mol. The van der Waals surface area contributed by atoms with Crippen molar-refractivity contribution >= 4 is 29.1 Å². The van der Waals surface area contributed by atoms with Crippen LogP contribution in [0.1, 0.15) is 23.0 Å². The van der Waals surface area contributed by atoms with Crippen LogP contribution in [0, 0.1) is 0 Å². The number of halogens is 1. The summed E-state index contributed by atoms with van der Waals surface area (Å²) in [7, 11) is 2.99. The molecule has 8 heteroatoms. The normalized spacial score (nSPS) is 10.3. The first-order valence-electron chi connectivity index (χ1n) is 6.84. The predicted molar refractivity (Wildman–Crippen MR) is 88.3 cm³/mol. The van der Waals surface area contributed by atoms with E-state index in [-0.39, 0.29) is 16.9 Å². The Morgan fingerprint density at radius 2 is 2.09 bits per heavy atom. The van der Waals surface area contributed by atoms with Gasteiger partial charge < -0.3 is 20.5 Å². The number of nitrogens with two attached hydrogens (primary N) is 1. The highest BCUT2D eigenvalue weighted by atomic mass is 35.5. The molecule has 2 rings (SSSR count). The average Bonchev–Trinajstić information content (AvgIpc) is 2.56. The van der Waals surface area contributed by atoms with Gasteiger partial charge in [0.25, 0.3) is 5.91 Å². The van der Waals surface area contributed by atoms with E-state index in [0.29, 0.717) is 34.9 Å². The lowest BCUT2D eigenvalue weighted by molar-refractivity contribution is 0.102. The van der Waals surface area contributed by atoms with Crippen LogP contribution in [0.2, 0.25) is 5.02 Å². The highest BCUT2D eigenvalue weighted by Gasteiger charge is 2.17. The molecule has 2 aromatic rings. The van der Waals surface area contributed by atoms with Crippen molar-refractivity contribution in [3.8, 4) is 11.5 Å². The summed E-state index contributed by atoms with van der Waals surface area (Å²) in [4.78, 5) is 20.4. The maximum atomic E-state index is 12.5. The smallest absolute Gasteiger partial charge is 0.259 e. The average molecular weight is 337 g/mol. The van der Waals surface area contributed by atoms with Gasteiger partial charge in [-0.3, -0.25) is 4.79 Å². The van der Waals surface area contributed by atoms with E-state index in [2.05, 4.69) is 15.3 Å². The number of nitrogens with zero attached hydrogens (tertiary/aromatic N) is 2. The minimum absolute atomic E-state index is 0.125. The Labute approximate surface area is 138 Å². The fraction of sp³-hybridized carbons (Fsp3) is 0.267. The largest absolute Gasteiger partial charge is 0.497 e. The van der Waals surface area contributed by atoms with Gasteiger partial charge in [0.15, 0.2) is 0 Å². The molecular weight excluding hydrogens is 320 g/mol. The Balaban J connectivity index is 2.37. The number of aryl methyl sites for hydroxylation is 1. The summed E-state index contributed by atoms with van der Waals surface area (Å²) in [5.74, 6) is 0.634. The van der Waals surface area contributed by atoms with E-state index in [4.69, 9.17) is 26.8 Å². The lowest BCUT2D eigenvalue weighted by atomic mass is 10.1. The van der Waals surface area contributed by atoms with Crippen molar-refractivity contribution < 1.29 is 14.3 Å². The Kier molecular flexibility index (Phi) is 5.23. The van der Waals surface area contributed by atoms with Crippen LogP contribution in [0.4, 0.5) is 11.6 Å². The van der Waals surface area contributed by atoms with Crippen molar-refractivity contribution in [3.63, 3.8) is 0 Å². The standard InChI is InChI=1S/C15H17ClN4O3/c1-4-10-9(7-18-15(17)20-10)14(21)19-11-5-8(22-2)6-12(23-3)13(11)16/h5-7H,4H2,1-3H3,(H,19,21)(H2,17,18,20). The Hall–Kier alpha value is -2.54. The highest BCUT2D eigenvalue weighted by Crippen LogP contribution is 2.36. The SMILES string of the molecule is CCc1nc(N)ncc1C(=O)Nc1cc(OC)cc(OC)c1Cl. The number of nitrogen functional groups attached to an aromatic ring is 1. The molecule has 0 aliphatic rings. The number of hydrogen-bond acceptors (Lipinski definition) is 6. The van der Waals surface area contributed by atoms with Crippen LogP contribution in [0.5, 0.6) is 11.5 Å². The third-order valence-corrected chi connectivity index (χ3v) is 3.57. The van der Waals surface area contributed by atoms with Gasteiger partial charge in [-0.1, -0.05) is 18.5 Å². The van der Waals surface area contributed by atoms with Gasteiger partial charge in [-0.2, -0.15) is 0 Å². The minimum atomic E-state index is -0.390. The molecule has 0 aliphatic heterocycles. The summed E-state index contributed by atoms with van der Waals surface area (Å²) >= 11 is 6.22. The highest BCUT2D eigenvalue weighted by molar-refractivity contribution is 6.35. The van der Waals surface area contributed by atoms with E-state index >= 15 is 0 Å². The maximum absolute atomic E-state index is 12.5. The third kappa shape index (κ3) is 3.62. The second-order valence-electron chi connectivity index (χ2n) is 4.59. The number of amides is 1. The first kappa shape index (κ1) is 16.8. The van der Waals surface area contributed by atoms with Crippen molar-refractivity contribution in [1.82, 2.24) is 9.97 Å². The Bertz CT molecular complexity index is 737. The lowest BCUT2D eigenvalue weighted by Crippen LogP contribution is -2.17. The number of benzene rings is 1. The molecular formula is C15H17ClN4O3. The molecule has 0 saturated heterocycles. The summed E-state index contributed by atoms with van der Waals surface area (Å²) in [6.45, 7) is 1.88. The summed E-state index contributed by atoms with van der Waals surface area (Å²) in [5, 5.41) is 2.99. The molecule has 1 aromatic carbocycles. The van der Waals surface area contributed by atoms with E-state index in [1.807, 2.05) is 6.92 Å². The maximum Gasteiger partial charge on any atom is 0.259 e. The van der Waals surface area contributed by atoms with Crippen molar-refractivity contribution in [2.45, 2.75) is 13.3 Å². The van der Waals surface area contributed by atoms with Crippen LogP contribution >= 0.6 is 11.6 Å². The van der Waals surface area contributed by atoms with E-state index in [1.54, 1.807) is 12.1 Å². The summed E-state index contributed by atoms with van der Waals surface area (Å²) in [6, 6.07) is 3.23. The molecule has 0 unspecified atom stereocenters. The zero-order valence-electron chi connectivity index (χ0n) is 13.0. The number of ether oxygens (including phenoxy) is 2. The fourth-order valence-corrected chi connectivity index (χ4v) is 2.24. The number of hydrogen-bond donors (Lipinski definition) is 2. The first-order valence-corrected chi connectivity index (χ1v) is 7.22. The second-order valence-corrected chi connectivity index (χ2v) is 4.97. The summed E-state index contributed by atoms with van der Waals surface area (Å²) in [6.07, 6.45) is 1.94. The zero-order valence-corrected chi connectivity index (χ0v) is 13.8. The number of carbonyl (C=O) groups is 1. The van der Waals surface area contributed by atoms with E-state index < -0.39 is 0 Å². The van der Waals surface area contributed by atoms with Gasteiger partial charge >= 0.3 is 0 Å². The number of aromatic nitrogens is 2. The van der Waals surface area contributed by atoms with Crippen LogP contribution < -0.4 is 20.5 Å². The number of nitrogens with one attached hydrogen (secondary N) is 1. The number of rotatable bonds is 5. The van der Waals surface area contributed by atoms with Gasteiger partial charge in [0.1, 0.15) is 16.5 Å². The van der Waals surface area contributed by atoms with E-state index in [9.17, 15) is 4.79 Å². The van der Waals surface area contributed by atoms with Crippen LogP contribution in [0.15, 0.2) is 18.3 Å². The second kappa shape index (κ2) is 7.15. The van der Waals surface area contributed by atoms with E-state index in [0.717, 1.165) is 0 Å². The molecule has 0 saturated carbocycles. The molecule has 0 radical (unpaired) electrons. The third-order valence-electron chi connectivity index (χ3n) is 3.18. The molecule has 3 N–H and O–H groups in total. The molecule has 1 heterocycles. The number of anilines is 2. The van der Waals surface area contributed by atoms with Gasteiger partial charge in [-0.15, -0.1) is 0 Å². The molecule has 0 fully saturated rings. The molecule has 0 atom stereocenters. The molecule has 0 spiro atoms.